The second-order valence-electron chi connectivity index (χ2n) is 7.74. The third-order valence-corrected chi connectivity index (χ3v) is 5.61. The number of fused-ring (bicyclic) bond motifs is 3. The molecule has 33 heavy (non-hydrogen) atoms. The van der Waals surface area contributed by atoms with E-state index in [2.05, 4.69) is 10.3 Å². The van der Waals surface area contributed by atoms with E-state index >= 15 is 0 Å². The van der Waals surface area contributed by atoms with Gasteiger partial charge in [0.1, 0.15) is 5.69 Å². The van der Waals surface area contributed by atoms with Crippen molar-refractivity contribution < 1.29 is 23.9 Å². The van der Waals surface area contributed by atoms with Crippen LogP contribution in [-0.2, 0) is 9.53 Å². The van der Waals surface area contributed by atoms with Gasteiger partial charge >= 0.3 is 5.97 Å². The van der Waals surface area contributed by atoms with Crippen LogP contribution in [-0.4, -0.2) is 34.5 Å². The summed E-state index contributed by atoms with van der Waals surface area (Å²) in [5.41, 5.74) is 2.17. The Labute approximate surface area is 188 Å². The zero-order valence-electron chi connectivity index (χ0n) is 17.5. The fourth-order valence-corrected chi connectivity index (χ4v) is 3.94. The molecule has 4 aromatic rings. The van der Waals surface area contributed by atoms with Crippen LogP contribution in [0.5, 0.6) is 0 Å². The highest BCUT2D eigenvalue weighted by Gasteiger charge is 2.32. The number of ether oxygens (including phenoxy) is 1. The molecule has 1 amide bonds. The first kappa shape index (κ1) is 20.4. The zero-order valence-corrected chi connectivity index (χ0v) is 17.5. The molecule has 7 heteroatoms. The number of carbonyl (C=O) groups is 4. The number of H-pyrrole nitrogens is 1. The van der Waals surface area contributed by atoms with Crippen LogP contribution in [0.4, 0.5) is 5.69 Å². The summed E-state index contributed by atoms with van der Waals surface area (Å²) in [7, 11) is 0. The number of benzene rings is 3. The number of esters is 1. The Morgan fingerprint density at radius 3 is 2.27 bits per heavy atom. The maximum Gasteiger partial charge on any atom is 0.355 e. The normalized spacial score (nSPS) is 13.2. The van der Waals surface area contributed by atoms with E-state index in [0.717, 1.165) is 10.9 Å². The molecule has 1 unspecified atom stereocenters. The molecule has 0 saturated heterocycles. The number of anilines is 1. The lowest BCUT2D eigenvalue weighted by Gasteiger charge is -2.21. The van der Waals surface area contributed by atoms with Crippen molar-refractivity contribution in [3.05, 3.63) is 101 Å². The quantitative estimate of drug-likeness (QED) is 0.411. The van der Waals surface area contributed by atoms with E-state index < -0.39 is 18.0 Å². The van der Waals surface area contributed by atoms with Crippen LogP contribution in [0.1, 0.15) is 49.3 Å². The first-order valence-corrected chi connectivity index (χ1v) is 10.3. The third kappa shape index (κ3) is 3.49. The molecule has 162 valence electrons. The lowest BCUT2D eigenvalue weighted by molar-refractivity contribution is -0.123. The maximum absolute atomic E-state index is 13.1. The smallest absolute Gasteiger partial charge is 0.355 e. The molecule has 3 aromatic carbocycles. The van der Waals surface area contributed by atoms with E-state index in [1.807, 2.05) is 24.3 Å². The average molecular weight is 438 g/mol. The van der Waals surface area contributed by atoms with Crippen molar-refractivity contribution in [3.8, 4) is 0 Å². The topological polar surface area (TPSA) is 105 Å². The highest BCUT2D eigenvalue weighted by molar-refractivity contribution is 6.30. The molecule has 2 N–H and O–H groups in total. The number of hydrogen-bond donors (Lipinski definition) is 2. The van der Waals surface area contributed by atoms with Crippen molar-refractivity contribution in [2.45, 2.75) is 13.0 Å². The Morgan fingerprint density at radius 1 is 0.848 bits per heavy atom. The summed E-state index contributed by atoms with van der Waals surface area (Å²) in [6.45, 7) is 1.44. The Morgan fingerprint density at radius 2 is 1.52 bits per heavy atom. The van der Waals surface area contributed by atoms with Crippen LogP contribution in [0.25, 0.3) is 10.9 Å². The molecule has 0 bridgehead atoms. The molecule has 0 aliphatic heterocycles. The number of hydrogen-bond acceptors (Lipinski definition) is 5. The fraction of sp³-hybridized carbons (Fsp3) is 0.0769. The van der Waals surface area contributed by atoms with Crippen molar-refractivity contribution in [1.29, 1.82) is 0 Å². The number of aromatic nitrogens is 1. The van der Waals surface area contributed by atoms with Crippen LogP contribution in [0.2, 0.25) is 0 Å². The summed E-state index contributed by atoms with van der Waals surface area (Å²) < 4.78 is 5.31. The predicted molar refractivity (Wildman–Crippen MR) is 122 cm³/mol. The molecule has 1 aromatic heterocycles. The van der Waals surface area contributed by atoms with E-state index in [9.17, 15) is 19.2 Å². The summed E-state index contributed by atoms with van der Waals surface area (Å²) in [6.07, 6.45) is -1.14. The lowest BCUT2D eigenvalue weighted by atomic mass is 9.83. The Balaban J connectivity index is 1.36. The van der Waals surface area contributed by atoms with E-state index in [1.165, 1.54) is 6.92 Å². The first-order chi connectivity index (χ1) is 15.9. The van der Waals surface area contributed by atoms with Crippen LogP contribution >= 0.6 is 0 Å². The molecule has 0 spiro atoms. The minimum Gasteiger partial charge on any atom is -0.448 e. The highest BCUT2D eigenvalue weighted by Crippen LogP contribution is 2.32. The van der Waals surface area contributed by atoms with E-state index in [4.69, 9.17) is 4.74 Å². The van der Waals surface area contributed by atoms with Gasteiger partial charge in [-0.05, 0) is 25.1 Å². The minimum atomic E-state index is -1.14. The van der Waals surface area contributed by atoms with Crippen molar-refractivity contribution in [2.75, 3.05) is 5.32 Å². The average Bonchev–Trinajstić information content (AvgIpc) is 3.27. The number of amides is 1. The number of nitrogens with one attached hydrogen (secondary N) is 2. The predicted octanol–water partition coefficient (Wildman–Crippen LogP) is 4.13. The molecule has 7 nitrogen and oxygen atoms in total. The second-order valence-corrected chi connectivity index (χ2v) is 7.74. The van der Waals surface area contributed by atoms with Gasteiger partial charge in [-0.15, -0.1) is 0 Å². The summed E-state index contributed by atoms with van der Waals surface area (Å²) in [5, 5.41) is 3.48. The Kier molecular flexibility index (Phi) is 4.86. The van der Waals surface area contributed by atoms with Gasteiger partial charge in [-0.1, -0.05) is 54.6 Å². The molecule has 0 saturated carbocycles. The van der Waals surface area contributed by atoms with Crippen LogP contribution in [0.15, 0.2) is 72.8 Å². The van der Waals surface area contributed by atoms with E-state index in [1.54, 1.807) is 48.5 Å². The van der Waals surface area contributed by atoms with Gasteiger partial charge in [0.15, 0.2) is 17.7 Å². The number of ketones is 2. The van der Waals surface area contributed by atoms with Gasteiger partial charge in [0.05, 0.1) is 11.3 Å². The van der Waals surface area contributed by atoms with Crippen molar-refractivity contribution in [1.82, 2.24) is 4.98 Å². The number of carbonyl (C=O) groups excluding carboxylic acids is 4. The van der Waals surface area contributed by atoms with Gasteiger partial charge in [0.25, 0.3) is 5.91 Å². The van der Waals surface area contributed by atoms with Gasteiger partial charge in [0, 0.05) is 27.6 Å². The maximum atomic E-state index is 13.1. The van der Waals surface area contributed by atoms with Gasteiger partial charge in [-0.3, -0.25) is 14.4 Å². The molecule has 1 atom stereocenters. The van der Waals surface area contributed by atoms with Crippen molar-refractivity contribution in [2.24, 2.45) is 0 Å². The SMILES string of the molecule is CC(OC(=O)c1cc2ccccc2[nH]1)C(=O)Nc1cccc2c1C(=O)c1ccccc1C2=O. The van der Waals surface area contributed by atoms with Crippen molar-refractivity contribution in [3.63, 3.8) is 0 Å². The Bertz CT molecular complexity index is 1430. The summed E-state index contributed by atoms with van der Waals surface area (Å²) in [5.74, 6) is -1.93. The largest absolute Gasteiger partial charge is 0.448 e. The summed E-state index contributed by atoms with van der Waals surface area (Å²) >= 11 is 0. The molecular formula is C26H18N2O5. The molecule has 0 fully saturated rings. The molecule has 1 aliphatic carbocycles. The second kappa shape index (κ2) is 7.87. The number of aromatic amines is 1. The number of rotatable bonds is 4. The molecule has 1 aliphatic rings. The standard InChI is InChI=1S/C26H18N2O5/c1-14(33-26(32)21-13-15-7-2-5-11-19(15)27-21)25(31)28-20-12-6-10-18-22(20)24(30)17-9-4-3-8-16(17)23(18)29/h2-14,27H,1H3,(H,28,31). The number of para-hydroxylation sites is 1. The highest BCUT2D eigenvalue weighted by atomic mass is 16.5. The fourth-order valence-electron chi connectivity index (χ4n) is 3.94. The summed E-state index contributed by atoms with van der Waals surface area (Å²) in [6, 6.07) is 20.3. The minimum absolute atomic E-state index is 0.128. The van der Waals surface area contributed by atoms with Crippen LogP contribution < -0.4 is 5.32 Å². The summed E-state index contributed by atoms with van der Waals surface area (Å²) in [4.78, 5) is 54.2. The zero-order chi connectivity index (χ0) is 23.1. The van der Waals surface area contributed by atoms with Gasteiger partial charge < -0.3 is 15.0 Å². The van der Waals surface area contributed by atoms with Crippen LogP contribution in [0.3, 0.4) is 0 Å². The molecule has 1 heterocycles. The Hall–Kier alpha value is -4.52. The third-order valence-electron chi connectivity index (χ3n) is 5.61. The van der Waals surface area contributed by atoms with Crippen LogP contribution in [0, 0.1) is 0 Å². The molecule has 5 rings (SSSR count). The van der Waals surface area contributed by atoms with Crippen molar-refractivity contribution >= 4 is 40.0 Å². The van der Waals surface area contributed by atoms with Gasteiger partial charge in [-0.2, -0.15) is 0 Å². The molecular weight excluding hydrogens is 420 g/mol. The van der Waals surface area contributed by atoms with Gasteiger partial charge in [0.2, 0.25) is 0 Å². The van der Waals surface area contributed by atoms with Gasteiger partial charge in [-0.25, -0.2) is 4.79 Å². The first-order valence-electron chi connectivity index (χ1n) is 10.3. The lowest BCUT2D eigenvalue weighted by Crippen LogP contribution is -2.31. The van der Waals surface area contributed by atoms with E-state index in [0.29, 0.717) is 5.56 Å². The molecule has 0 radical (unpaired) electrons. The monoisotopic (exact) mass is 438 g/mol. The van der Waals surface area contributed by atoms with E-state index in [-0.39, 0.29) is 39.6 Å².